The lowest BCUT2D eigenvalue weighted by molar-refractivity contribution is 0.669. The van der Waals surface area contributed by atoms with E-state index >= 15 is 0 Å². The number of aromatic nitrogens is 1. The van der Waals surface area contributed by atoms with Crippen molar-refractivity contribution in [3.05, 3.63) is 146 Å². The first-order valence-corrected chi connectivity index (χ1v) is 13.9. The van der Waals surface area contributed by atoms with Crippen molar-refractivity contribution in [2.75, 3.05) is 4.90 Å². The van der Waals surface area contributed by atoms with Gasteiger partial charge in [0.2, 0.25) is 0 Å². The Morgan fingerprint density at radius 3 is 2.00 bits per heavy atom. The van der Waals surface area contributed by atoms with Gasteiger partial charge in [-0.3, -0.25) is 9.47 Å². The van der Waals surface area contributed by atoms with E-state index in [-0.39, 0.29) is 0 Å². The Hall–Kier alpha value is -5.54. The largest absolute Gasteiger partial charge is 0.456 e. The van der Waals surface area contributed by atoms with Crippen LogP contribution in [-0.4, -0.2) is 4.57 Å². The highest BCUT2D eigenvalue weighted by Crippen LogP contribution is 2.48. The third-order valence-corrected chi connectivity index (χ3v) is 8.34. The fourth-order valence-electron chi connectivity index (χ4n) is 6.45. The summed E-state index contributed by atoms with van der Waals surface area (Å²) in [6.45, 7) is 0. The van der Waals surface area contributed by atoms with Gasteiger partial charge in [0.25, 0.3) is 0 Å². The third kappa shape index (κ3) is 3.26. The Kier molecular flexibility index (Phi) is 4.61. The predicted molar refractivity (Wildman–Crippen MR) is 170 cm³/mol. The van der Waals surface area contributed by atoms with Crippen LogP contribution in [-0.2, 0) is 0 Å². The summed E-state index contributed by atoms with van der Waals surface area (Å²) in [6, 6.07) is 52.0. The van der Waals surface area contributed by atoms with Crippen LogP contribution in [0.25, 0.3) is 60.8 Å². The lowest BCUT2D eigenvalue weighted by atomic mass is 10.0. The molecule has 3 heteroatoms. The summed E-state index contributed by atoms with van der Waals surface area (Å²) in [5.74, 6) is 1.13. The van der Waals surface area contributed by atoms with Crippen molar-refractivity contribution >= 4 is 50.0 Å². The lowest BCUT2D eigenvalue weighted by Crippen LogP contribution is -2.12. The number of para-hydroxylation sites is 4. The Labute approximate surface area is 237 Å². The zero-order valence-corrected chi connectivity index (χ0v) is 22.2. The van der Waals surface area contributed by atoms with Crippen molar-refractivity contribution in [1.29, 1.82) is 0 Å². The fraction of sp³-hybridized carbons (Fsp3) is 0. The number of rotatable bonds is 2. The van der Waals surface area contributed by atoms with Crippen LogP contribution in [0.1, 0.15) is 0 Å². The van der Waals surface area contributed by atoms with Crippen molar-refractivity contribution in [2.24, 2.45) is 0 Å². The minimum Gasteiger partial charge on any atom is -0.456 e. The van der Waals surface area contributed by atoms with E-state index in [1.165, 1.54) is 44.5 Å². The van der Waals surface area contributed by atoms with Crippen LogP contribution in [0.3, 0.4) is 0 Å². The van der Waals surface area contributed by atoms with Crippen LogP contribution in [0.4, 0.5) is 17.2 Å². The summed E-state index contributed by atoms with van der Waals surface area (Å²) in [6.07, 6.45) is 0. The van der Waals surface area contributed by atoms with Crippen LogP contribution in [0.2, 0.25) is 0 Å². The van der Waals surface area contributed by atoms with Crippen molar-refractivity contribution in [3.8, 4) is 27.9 Å². The van der Waals surface area contributed by atoms with Gasteiger partial charge in [0, 0.05) is 33.0 Å². The average Bonchev–Trinajstić information content (AvgIpc) is 3.57. The highest BCUT2D eigenvalue weighted by atomic mass is 16.3. The summed E-state index contributed by atoms with van der Waals surface area (Å²) in [4.78, 5) is 2.39. The number of benzene rings is 6. The molecule has 41 heavy (non-hydrogen) atoms. The van der Waals surface area contributed by atoms with E-state index in [0.717, 1.165) is 33.4 Å². The first-order valence-electron chi connectivity index (χ1n) is 13.9. The minimum atomic E-state index is 0.917. The quantitative estimate of drug-likeness (QED) is 0.224. The summed E-state index contributed by atoms with van der Waals surface area (Å²) >= 11 is 0. The molecule has 6 aromatic carbocycles. The molecule has 0 amide bonds. The van der Waals surface area contributed by atoms with Crippen molar-refractivity contribution in [1.82, 2.24) is 4.57 Å². The maximum atomic E-state index is 6.06. The van der Waals surface area contributed by atoms with Gasteiger partial charge in [-0.15, -0.1) is 0 Å². The van der Waals surface area contributed by atoms with E-state index in [2.05, 4.69) is 143 Å². The van der Waals surface area contributed by atoms with E-state index in [1.807, 2.05) is 12.1 Å². The van der Waals surface area contributed by atoms with Crippen molar-refractivity contribution in [2.45, 2.75) is 0 Å². The molecule has 1 aliphatic heterocycles. The lowest BCUT2D eigenvalue weighted by Gasteiger charge is -2.26. The fourth-order valence-corrected chi connectivity index (χ4v) is 6.45. The van der Waals surface area contributed by atoms with Gasteiger partial charge in [0.15, 0.2) is 0 Å². The van der Waals surface area contributed by atoms with Crippen LogP contribution in [0, 0.1) is 0 Å². The molecule has 0 saturated heterocycles. The highest BCUT2D eigenvalue weighted by molar-refractivity contribution is 6.06. The van der Waals surface area contributed by atoms with Gasteiger partial charge in [-0.2, -0.15) is 0 Å². The van der Waals surface area contributed by atoms with Gasteiger partial charge in [0.1, 0.15) is 17.0 Å². The summed E-state index contributed by atoms with van der Waals surface area (Å²) in [7, 11) is 0. The molecule has 3 heterocycles. The topological polar surface area (TPSA) is 21.3 Å². The first-order chi connectivity index (χ1) is 20.3. The molecule has 0 N–H and O–H groups in total. The minimum absolute atomic E-state index is 0.917. The number of hydrogen-bond acceptors (Lipinski definition) is 2. The Morgan fingerprint density at radius 2 is 1.12 bits per heavy atom. The second-order valence-electron chi connectivity index (χ2n) is 10.6. The third-order valence-electron chi connectivity index (χ3n) is 8.34. The Balaban J connectivity index is 1.23. The van der Waals surface area contributed by atoms with Crippen LogP contribution in [0.15, 0.2) is 150 Å². The van der Waals surface area contributed by atoms with E-state index < -0.39 is 0 Å². The maximum absolute atomic E-state index is 6.06. The molecular weight excluding hydrogens is 500 g/mol. The number of hydrogen-bond donors (Lipinski definition) is 0. The SMILES string of the molecule is c1ccc2c(c1)-c1ccccc1-n1c(cc3ccccc31)N2c1ccc(-c2ccc3oc4ccccc4c3c2)cc1. The molecule has 2 aromatic heterocycles. The summed E-state index contributed by atoms with van der Waals surface area (Å²) < 4.78 is 8.46. The van der Waals surface area contributed by atoms with Gasteiger partial charge in [-0.1, -0.05) is 91.0 Å². The molecule has 0 spiro atoms. The second kappa shape index (κ2) is 8.48. The normalized spacial score (nSPS) is 12.3. The summed E-state index contributed by atoms with van der Waals surface area (Å²) in [5, 5.41) is 3.51. The van der Waals surface area contributed by atoms with Gasteiger partial charge in [0.05, 0.1) is 16.9 Å². The predicted octanol–water partition coefficient (Wildman–Crippen LogP) is 10.6. The first kappa shape index (κ1) is 22.3. The molecule has 0 fully saturated rings. The van der Waals surface area contributed by atoms with Gasteiger partial charge in [-0.05, 0) is 65.7 Å². The van der Waals surface area contributed by atoms with Gasteiger partial charge in [-0.25, -0.2) is 0 Å². The molecule has 0 saturated carbocycles. The van der Waals surface area contributed by atoms with E-state index in [0.29, 0.717) is 0 Å². The van der Waals surface area contributed by atoms with Gasteiger partial charge >= 0.3 is 0 Å². The Bertz CT molecular complexity index is 2270. The molecule has 0 bridgehead atoms. The highest BCUT2D eigenvalue weighted by Gasteiger charge is 2.27. The average molecular weight is 525 g/mol. The number of furan rings is 1. The molecule has 3 nitrogen and oxygen atoms in total. The van der Waals surface area contributed by atoms with E-state index in [1.54, 1.807) is 0 Å². The smallest absolute Gasteiger partial charge is 0.135 e. The molecule has 1 aliphatic rings. The number of nitrogens with zero attached hydrogens (tertiary/aromatic N) is 2. The molecule has 8 aromatic rings. The van der Waals surface area contributed by atoms with Crippen LogP contribution < -0.4 is 4.90 Å². The van der Waals surface area contributed by atoms with Crippen LogP contribution >= 0.6 is 0 Å². The molecule has 0 unspecified atom stereocenters. The molecule has 9 rings (SSSR count). The van der Waals surface area contributed by atoms with Crippen LogP contribution in [0.5, 0.6) is 0 Å². The number of anilines is 3. The summed E-state index contributed by atoms with van der Waals surface area (Å²) in [5.41, 5.74) is 11.3. The zero-order chi connectivity index (χ0) is 26.9. The molecular formula is C38H24N2O. The molecule has 192 valence electrons. The standard InChI is InChI=1S/C38H24N2O/c1-5-13-33-27(9-1)24-38-39(34-14-6-2-10-29(34)30-11-3-7-15-35(30)40(33)38)28-20-17-25(18-21-28)26-19-22-37-32(23-26)31-12-4-8-16-36(31)41-37/h1-24H. The van der Waals surface area contributed by atoms with E-state index in [9.17, 15) is 0 Å². The molecule has 0 radical (unpaired) electrons. The maximum Gasteiger partial charge on any atom is 0.135 e. The molecule has 0 atom stereocenters. The Morgan fingerprint density at radius 1 is 0.463 bits per heavy atom. The second-order valence-corrected chi connectivity index (χ2v) is 10.6. The monoisotopic (exact) mass is 524 g/mol. The number of fused-ring (bicyclic) bond motifs is 10. The molecule has 0 aliphatic carbocycles. The van der Waals surface area contributed by atoms with Crippen molar-refractivity contribution in [3.63, 3.8) is 0 Å². The van der Waals surface area contributed by atoms with Crippen molar-refractivity contribution < 1.29 is 4.42 Å². The van der Waals surface area contributed by atoms with Gasteiger partial charge < -0.3 is 4.42 Å². The van der Waals surface area contributed by atoms with E-state index in [4.69, 9.17) is 4.42 Å². The zero-order valence-electron chi connectivity index (χ0n) is 22.2.